The monoisotopic (exact) mass is 485 g/mol. The van der Waals surface area contributed by atoms with Crippen LogP contribution in [0.25, 0.3) is 16.9 Å². The zero-order chi connectivity index (χ0) is 21.0. The molecule has 29 heavy (non-hydrogen) atoms. The van der Waals surface area contributed by atoms with Crippen LogP contribution >= 0.6 is 15.9 Å². The second-order valence-electron chi connectivity index (χ2n) is 7.24. The Hall–Kier alpha value is -2.11. The number of alkyl halides is 2. The van der Waals surface area contributed by atoms with Gasteiger partial charge in [-0.15, -0.1) is 0 Å². The molecule has 11 heteroatoms. The number of nitrogens with one attached hydrogen (secondary N) is 1. The van der Waals surface area contributed by atoms with Crippen molar-refractivity contribution in [2.75, 3.05) is 12.3 Å². The number of hydrogen-bond acceptors (Lipinski definition) is 5. The molecule has 2 aromatic heterocycles. The fourth-order valence-electron chi connectivity index (χ4n) is 3.47. The van der Waals surface area contributed by atoms with Crippen molar-refractivity contribution < 1.29 is 17.2 Å². The molecule has 0 unspecified atom stereocenters. The van der Waals surface area contributed by atoms with Crippen LogP contribution < -0.4 is 10.5 Å². The minimum atomic E-state index is -3.84. The Labute approximate surface area is 174 Å². The highest BCUT2D eigenvalue weighted by Crippen LogP contribution is 2.42. The second kappa shape index (κ2) is 6.99. The Morgan fingerprint density at radius 2 is 2.10 bits per heavy atom. The summed E-state index contributed by atoms with van der Waals surface area (Å²) in [5, 5.41) is 0. The first-order valence-corrected chi connectivity index (χ1v) is 11.1. The van der Waals surface area contributed by atoms with E-state index in [0.29, 0.717) is 21.5 Å². The number of nitrogens with zero attached hydrogens (tertiary/aromatic N) is 3. The zero-order valence-electron chi connectivity index (χ0n) is 15.4. The van der Waals surface area contributed by atoms with Gasteiger partial charge in [-0.2, -0.15) is 0 Å². The molecule has 3 N–H and O–H groups in total. The quantitative estimate of drug-likeness (QED) is 0.576. The predicted octanol–water partition coefficient (Wildman–Crippen LogP) is 3.37. The van der Waals surface area contributed by atoms with Crippen LogP contribution in [0.2, 0.25) is 0 Å². The molecule has 0 bridgehead atoms. The lowest BCUT2D eigenvalue weighted by Gasteiger charge is -2.34. The summed E-state index contributed by atoms with van der Waals surface area (Å²) in [6, 6.07) is 4.73. The molecular weight excluding hydrogens is 468 g/mol. The molecule has 1 aliphatic rings. The number of nitrogen functional groups attached to an aromatic ring is 1. The first-order valence-electron chi connectivity index (χ1n) is 8.83. The summed E-state index contributed by atoms with van der Waals surface area (Å²) < 4.78 is 56.0. The zero-order valence-corrected chi connectivity index (χ0v) is 17.8. The molecule has 0 radical (unpaired) electrons. The lowest BCUT2D eigenvalue weighted by Crippen LogP contribution is -2.42. The van der Waals surface area contributed by atoms with E-state index >= 15 is 0 Å². The van der Waals surface area contributed by atoms with E-state index in [-0.39, 0.29) is 36.0 Å². The van der Waals surface area contributed by atoms with Crippen molar-refractivity contribution in [3.8, 4) is 11.3 Å². The van der Waals surface area contributed by atoms with Gasteiger partial charge < -0.3 is 5.73 Å². The number of imidazole rings is 1. The number of halogens is 3. The molecule has 0 spiro atoms. The number of benzene rings is 1. The molecule has 1 aliphatic carbocycles. The van der Waals surface area contributed by atoms with Crippen molar-refractivity contribution in [1.29, 1.82) is 0 Å². The van der Waals surface area contributed by atoms with Gasteiger partial charge in [0.25, 0.3) is 0 Å². The third-order valence-corrected chi connectivity index (χ3v) is 6.82. The summed E-state index contributed by atoms with van der Waals surface area (Å²) in [6.07, 6.45) is 2.72. The van der Waals surface area contributed by atoms with Gasteiger partial charge in [0.15, 0.2) is 11.5 Å². The number of rotatable bonds is 5. The molecule has 1 aromatic carbocycles. The van der Waals surface area contributed by atoms with Gasteiger partial charge in [-0.25, -0.2) is 31.9 Å². The number of fused-ring (bicyclic) bond motifs is 1. The number of anilines is 1. The molecule has 1 fully saturated rings. The van der Waals surface area contributed by atoms with Crippen molar-refractivity contribution >= 4 is 37.4 Å². The molecule has 154 valence electrons. The van der Waals surface area contributed by atoms with E-state index in [1.807, 2.05) is 6.92 Å². The van der Waals surface area contributed by atoms with Crippen LogP contribution in [0.5, 0.6) is 0 Å². The molecule has 1 saturated carbocycles. The summed E-state index contributed by atoms with van der Waals surface area (Å²) in [7, 11) is -3.84. The third-order valence-electron chi connectivity index (χ3n) is 5.02. The number of aryl methyl sites for hydroxylation is 1. The van der Waals surface area contributed by atoms with Crippen LogP contribution in [0.1, 0.15) is 18.4 Å². The fraction of sp³-hybridized carbons (Fsp3) is 0.333. The van der Waals surface area contributed by atoms with Crippen molar-refractivity contribution in [1.82, 2.24) is 19.1 Å². The Morgan fingerprint density at radius 3 is 2.79 bits per heavy atom. The molecule has 7 nitrogen and oxygen atoms in total. The average molecular weight is 486 g/mol. The van der Waals surface area contributed by atoms with Crippen LogP contribution in [-0.4, -0.2) is 35.3 Å². The normalized spacial score (nSPS) is 16.8. The smallest absolute Gasteiger partial charge is 0.248 e. The lowest BCUT2D eigenvalue weighted by molar-refractivity contribution is -0.108. The molecule has 4 rings (SSSR count). The van der Waals surface area contributed by atoms with E-state index in [9.17, 15) is 17.2 Å². The standard InChI is InChI=1S/C18H18BrF2N5O2S/c1-10-2-3-12(29(27,28)24-7-11-5-18(20,21)6-11)4-13(10)14-8-23-17-16(22)25-15(19)9-26(14)17/h2-4,8-9,11,24H,5-7H2,1H3,(H2,22,25). The minimum Gasteiger partial charge on any atom is -0.381 e. The SMILES string of the molecule is Cc1ccc(S(=O)(=O)NCC2CC(F)(F)C2)cc1-c1cnc2c(N)nc(Br)cn12. The highest BCUT2D eigenvalue weighted by atomic mass is 79.9. The van der Waals surface area contributed by atoms with Gasteiger partial charge in [0.2, 0.25) is 15.9 Å². The van der Waals surface area contributed by atoms with Gasteiger partial charge in [-0.3, -0.25) is 4.40 Å². The highest BCUT2D eigenvalue weighted by Gasteiger charge is 2.45. The van der Waals surface area contributed by atoms with Gasteiger partial charge in [-0.05, 0) is 46.5 Å². The number of aromatic nitrogens is 3. The van der Waals surface area contributed by atoms with Crippen LogP contribution in [0.3, 0.4) is 0 Å². The van der Waals surface area contributed by atoms with E-state index in [1.54, 1.807) is 28.9 Å². The maximum atomic E-state index is 13.0. The Morgan fingerprint density at radius 1 is 1.38 bits per heavy atom. The van der Waals surface area contributed by atoms with Crippen molar-refractivity contribution in [3.63, 3.8) is 0 Å². The first kappa shape index (κ1) is 20.2. The molecular formula is C18H18BrF2N5O2S. The van der Waals surface area contributed by atoms with Crippen molar-refractivity contribution in [2.45, 2.75) is 30.6 Å². The van der Waals surface area contributed by atoms with E-state index in [2.05, 4.69) is 30.6 Å². The van der Waals surface area contributed by atoms with E-state index in [1.165, 1.54) is 6.07 Å². The van der Waals surface area contributed by atoms with E-state index < -0.39 is 15.9 Å². The number of nitrogens with two attached hydrogens (primary N) is 1. The Bertz CT molecular complexity index is 1200. The summed E-state index contributed by atoms with van der Waals surface area (Å²) in [4.78, 5) is 8.44. The Kier molecular flexibility index (Phi) is 4.87. The highest BCUT2D eigenvalue weighted by molar-refractivity contribution is 9.10. The number of hydrogen-bond donors (Lipinski definition) is 2. The predicted molar refractivity (Wildman–Crippen MR) is 108 cm³/mol. The van der Waals surface area contributed by atoms with Crippen molar-refractivity contribution in [2.24, 2.45) is 5.92 Å². The summed E-state index contributed by atoms with van der Waals surface area (Å²) in [6.45, 7) is 1.85. The topological polar surface area (TPSA) is 102 Å². The van der Waals surface area contributed by atoms with Crippen LogP contribution in [0, 0.1) is 12.8 Å². The molecule has 2 heterocycles. The summed E-state index contributed by atoms with van der Waals surface area (Å²) in [5.41, 5.74) is 8.53. The van der Waals surface area contributed by atoms with Gasteiger partial charge >= 0.3 is 0 Å². The van der Waals surface area contributed by atoms with E-state index in [4.69, 9.17) is 5.73 Å². The molecule has 0 aliphatic heterocycles. The summed E-state index contributed by atoms with van der Waals surface area (Å²) >= 11 is 3.29. The van der Waals surface area contributed by atoms with E-state index in [0.717, 1.165) is 5.56 Å². The van der Waals surface area contributed by atoms with Gasteiger partial charge in [0.1, 0.15) is 4.60 Å². The van der Waals surface area contributed by atoms with Gasteiger partial charge in [0, 0.05) is 31.1 Å². The van der Waals surface area contributed by atoms with Crippen molar-refractivity contribution in [3.05, 3.63) is 40.8 Å². The first-order chi connectivity index (χ1) is 13.6. The molecule has 0 saturated heterocycles. The average Bonchev–Trinajstić information content (AvgIpc) is 3.02. The fourth-order valence-corrected chi connectivity index (χ4v) is 5.00. The maximum Gasteiger partial charge on any atom is 0.248 e. The van der Waals surface area contributed by atoms with Crippen LogP contribution in [0.15, 0.2) is 40.1 Å². The largest absolute Gasteiger partial charge is 0.381 e. The van der Waals surface area contributed by atoms with Crippen LogP contribution in [-0.2, 0) is 10.0 Å². The molecule has 0 atom stereocenters. The number of sulfonamides is 1. The van der Waals surface area contributed by atoms with Crippen LogP contribution in [0.4, 0.5) is 14.6 Å². The second-order valence-corrected chi connectivity index (χ2v) is 9.82. The lowest BCUT2D eigenvalue weighted by atomic mass is 9.82. The summed E-state index contributed by atoms with van der Waals surface area (Å²) in [5.74, 6) is -2.79. The van der Waals surface area contributed by atoms with Gasteiger partial charge in [0.05, 0.1) is 16.8 Å². The minimum absolute atomic E-state index is 0.00804. The maximum absolute atomic E-state index is 13.0. The van der Waals surface area contributed by atoms with Gasteiger partial charge in [-0.1, -0.05) is 6.07 Å². The molecule has 0 amide bonds. The third kappa shape index (κ3) is 3.86. The Balaban J connectivity index is 1.66. The molecule has 3 aromatic rings.